The minimum Gasteiger partial charge on any atom is -0.453 e. The van der Waals surface area contributed by atoms with E-state index in [4.69, 9.17) is 0 Å². The van der Waals surface area contributed by atoms with E-state index >= 15 is 0 Å². The molecule has 2 bridgehead atoms. The van der Waals surface area contributed by atoms with E-state index < -0.39 is 0 Å². The molecule has 1 N–H and O–H groups in total. The molecule has 3 nitrogen and oxygen atoms in total. The third kappa shape index (κ3) is 1.06. The number of nitrogens with one attached hydrogen (secondary N) is 1. The summed E-state index contributed by atoms with van der Waals surface area (Å²) in [6.07, 6.45) is 3.16. The van der Waals surface area contributed by atoms with Crippen molar-refractivity contribution in [3.05, 3.63) is 0 Å². The first-order valence-electron chi connectivity index (χ1n) is 4.88. The normalized spacial score (nSPS) is 40.6. The molecule has 0 aromatic rings. The topological polar surface area (TPSA) is 38.3 Å². The fraction of sp³-hybridized carbons (Fsp3) is 0.900. The van der Waals surface area contributed by atoms with Gasteiger partial charge in [0.2, 0.25) is 0 Å². The van der Waals surface area contributed by atoms with Gasteiger partial charge >= 0.3 is 6.09 Å². The Balaban J connectivity index is 1.86. The van der Waals surface area contributed by atoms with E-state index in [9.17, 15) is 4.79 Å². The third-order valence-corrected chi connectivity index (χ3v) is 3.85. The molecule has 0 atom stereocenters. The number of carbonyl (C=O) groups excluding carboxylic acids is 1. The second kappa shape index (κ2) is 2.40. The lowest BCUT2D eigenvalue weighted by atomic mass is 9.36. The summed E-state index contributed by atoms with van der Waals surface area (Å²) in [7, 11) is 1.42. The van der Waals surface area contributed by atoms with Crippen LogP contribution in [-0.2, 0) is 4.74 Å². The Labute approximate surface area is 78.8 Å². The Morgan fingerprint density at radius 1 is 1.38 bits per heavy atom. The highest BCUT2D eigenvalue weighted by Crippen LogP contribution is 2.70. The van der Waals surface area contributed by atoms with Crippen molar-refractivity contribution >= 4 is 6.09 Å². The van der Waals surface area contributed by atoms with E-state index in [2.05, 4.69) is 23.9 Å². The lowest BCUT2D eigenvalue weighted by Gasteiger charge is -2.72. The van der Waals surface area contributed by atoms with E-state index in [1.165, 1.54) is 7.11 Å². The summed E-state index contributed by atoms with van der Waals surface area (Å²) in [5.74, 6) is 0.744. The largest absolute Gasteiger partial charge is 0.453 e. The van der Waals surface area contributed by atoms with Gasteiger partial charge in [-0.15, -0.1) is 0 Å². The number of alkyl carbamates (subject to hydrolysis) is 1. The zero-order chi connectivity index (χ0) is 9.69. The van der Waals surface area contributed by atoms with Crippen LogP contribution in [0.5, 0.6) is 0 Å². The molecule has 0 saturated heterocycles. The van der Waals surface area contributed by atoms with Gasteiger partial charge in [-0.2, -0.15) is 0 Å². The summed E-state index contributed by atoms with van der Waals surface area (Å²) >= 11 is 0. The molecule has 3 saturated carbocycles. The molecule has 1 amide bonds. The van der Waals surface area contributed by atoms with Gasteiger partial charge in [-0.1, -0.05) is 13.8 Å². The Bertz CT molecular complexity index is 228. The van der Waals surface area contributed by atoms with Crippen molar-refractivity contribution < 1.29 is 9.53 Å². The SMILES string of the molecule is COC(=O)NC12CC(C(C)C)(C1)C2. The highest BCUT2D eigenvalue weighted by molar-refractivity contribution is 5.69. The summed E-state index contributed by atoms with van der Waals surface area (Å²) in [5, 5.41) is 2.93. The molecule has 74 valence electrons. The molecule has 3 heteroatoms. The quantitative estimate of drug-likeness (QED) is 0.710. The number of methoxy groups -OCH3 is 1. The first-order chi connectivity index (χ1) is 6.02. The molecule has 3 rings (SSSR count). The van der Waals surface area contributed by atoms with Crippen LogP contribution in [-0.4, -0.2) is 18.7 Å². The lowest BCUT2D eigenvalue weighted by Crippen LogP contribution is -2.76. The van der Waals surface area contributed by atoms with Gasteiger partial charge in [0, 0.05) is 5.54 Å². The Kier molecular flexibility index (Phi) is 1.63. The standard InChI is InChI=1S/C10H17NO2/c1-7(2)9-4-10(5-9,6-9)11-8(12)13-3/h7H,4-6H2,1-3H3,(H,11,12). The molecule has 0 aromatic heterocycles. The molecule has 3 aliphatic rings. The predicted octanol–water partition coefficient (Wildman–Crippen LogP) is 1.92. The van der Waals surface area contributed by atoms with Crippen molar-refractivity contribution in [2.45, 2.75) is 38.6 Å². The molecule has 3 fully saturated rings. The third-order valence-electron chi connectivity index (χ3n) is 3.85. The number of carbonyl (C=O) groups is 1. The van der Waals surface area contributed by atoms with Gasteiger partial charge in [0.25, 0.3) is 0 Å². The number of hydrogen-bond donors (Lipinski definition) is 1. The maximum atomic E-state index is 11.0. The average molecular weight is 183 g/mol. The van der Waals surface area contributed by atoms with E-state index in [1.807, 2.05) is 0 Å². The molecule has 0 radical (unpaired) electrons. The van der Waals surface area contributed by atoms with Crippen LogP contribution in [0.1, 0.15) is 33.1 Å². The Morgan fingerprint density at radius 3 is 2.31 bits per heavy atom. The minimum atomic E-state index is -0.281. The number of ether oxygens (including phenoxy) is 1. The molecular formula is C10H17NO2. The van der Waals surface area contributed by atoms with E-state index in [0.29, 0.717) is 5.41 Å². The van der Waals surface area contributed by atoms with Crippen molar-refractivity contribution in [3.8, 4) is 0 Å². The zero-order valence-electron chi connectivity index (χ0n) is 8.52. The van der Waals surface area contributed by atoms with Crippen molar-refractivity contribution in [1.82, 2.24) is 5.32 Å². The van der Waals surface area contributed by atoms with Gasteiger partial charge in [-0.3, -0.25) is 0 Å². The smallest absolute Gasteiger partial charge is 0.407 e. The highest BCUT2D eigenvalue weighted by atomic mass is 16.5. The van der Waals surface area contributed by atoms with Crippen LogP contribution >= 0.6 is 0 Å². The van der Waals surface area contributed by atoms with Crippen LogP contribution < -0.4 is 5.32 Å². The first kappa shape index (κ1) is 8.85. The summed E-state index contributed by atoms with van der Waals surface area (Å²) in [6.45, 7) is 4.53. The van der Waals surface area contributed by atoms with Crippen LogP contribution in [0, 0.1) is 11.3 Å². The van der Waals surface area contributed by atoms with Gasteiger partial charge in [0.1, 0.15) is 0 Å². The van der Waals surface area contributed by atoms with Gasteiger partial charge < -0.3 is 10.1 Å². The average Bonchev–Trinajstić information content (AvgIpc) is 1.92. The van der Waals surface area contributed by atoms with Gasteiger partial charge in [0.15, 0.2) is 0 Å². The molecule has 0 spiro atoms. The second-order valence-electron chi connectivity index (χ2n) is 4.94. The van der Waals surface area contributed by atoms with Crippen LogP contribution in [0.3, 0.4) is 0 Å². The second-order valence-corrected chi connectivity index (χ2v) is 4.94. The van der Waals surface area contributed by atoms with Gasteiger partial charge in [0.05, 0.1) is 7.11 Å². The predicted molar refractivity (Wildman–Crippen MR) is 49.4 cm³/mol. The Hall–Kier alpha value is -0.730. The maximum Gasteiger partial charge on any atom is 0.407 e. The number of hydrogen-bond acceptors (Lipinski definition) is 2. The molecule has 13 heavy (non-hydrogen) atoms. The molecule has 0 unspecified atom stereocenters. The van der Waals surface area contributed by atoms with Crippen LogP contribution in [0.4, 0.5) is 4.79 Å². The number of rotatable bonds is 2. The van der Waals surface area contributed by atoms with Crippen LogP contribution in [0.25, 0.3) is 0 Å². The zero-order valence-corrected chi connectivity index (χ0v) is 8.52. The monoisotopic (exact) mass is 183 g/mol. The van der Waals surface area contributed by atoms with Crippen LogP contribution in [0.2, 0.25) is 0 Å². The Morgan fingerprint density at radius 2 is 1.92 bits per heavy atom. The molecule has 3 aliphatic carbocycles. The summed E-state index contributed by atoms with van der Waals surface area (Å²) in [6, 6.07) is 0. The fourth-order valence-electron chi connectivity index (χ4n) is 2.88. The summed E-state index contributed by atoms with van der Waals surface area (Å²) in [4.78, 5) is 11.0. The maximum absolute atomic E-state index is 11.0. The van der Waals surface area contributed by atoms with E-state index in [0.717, 1.165) is 25.2 Å². The molecule has 0 aromatic carbocycles. The highest BCUT2D eigenvalue weighted by Gasteiger charge is 2.69. The van der Waals surface area contributed by atoms with Crippen molar-refractivity contribution in [1.29, 1.82) is 0 Å². The fourth-order valence-corrected chi connectivity index (χ4v) is 2.88. The van der Waals surface area contributed by atoms with E-state index in [1.54, 1.807) is 0 Å². The van der Waals surface area contributed by atoms with E-state index in [-0.39, 0.29) is 11.6 Å². The van der Waals surface area contributed by atoms with Crippen molar-refractivity contribution in [3.63, 3.8) is 0 Å². The lowest BCUT2D eigenvalue weighted by molar-refractivity contribution is -0.178. The van der Waals surface area contributed by atoms with Gasteiger partial charge in [-0.25, -0.2) is 4.79 Å². The van der Waals surface area contributed by atoms with Gasteiger partial charge in [-0.05, 0) is 30.6 Å². The number of amides is 1. The van der Waals surface area contributed by atoms with Crippen molar-refractivity contribution in [2.24, 2.45) is 11.3 Å². The molecular weight excluding hydrogens is 166 g/mol. The molecule has 0 aliphatic heterocycles. The van der Waals surface area contributed by atoms with Crippen LogP contribution in [0.15, 0.2) is 0 Å². The minimum absolute atomic E-state index is 0.108. The first-order valence-corrected chi connectivity index (χ1v) is 4.88. The van der Waals surface area contributed by atoms with Crippen molar-refractivity contribution in [2.75, 3.05) is 7.11 Å². The summed E-state index contributed by atoms with van der Waals surface area (Å²) in [5.41, 5.74) is 0.651. The summed E-state index contributed by atoms with van der Waals surface area (Å²) < 4.78 is 4.59. The molecule has 0 heterocycles.